The molecule has 2 aliphatic heterocycles. The van der Waals surface area contributed by atoms with Gasteiger partial charge in [-0.2, -0.15) is 0 Å². The number of aromatic nitrogens is 4. The lowest BCUT2D eigenvalue weighted by atomic mass is 10.1. The highest BCUT2D eigenvalue weighted by molar-refractivity contribution is 8.00. The number of nitrogens with zero attached hydrogens (tertiary/aromatic N) is 4. The summed E-state index contributed by atoms with van der Waals surface area (Å²) in [6.45, 7) is 4.30. The molecule has 1 aromatic carbocycles. The van der Waals surface area contributed by atoms with Gasteiger partial charge >= 0.3 is 0 Å². The van der Waals surface area contributed by atoms with Crippen molar-refractivity contribution in [3.63, 3.8) is 0 Å². The van der Waals surface area contributed by atoms with Gasteiger partial charge in [0.25, 0.3) is 0 Å². The standard InChI is InChI=1S/C23H21Cl2N5O3S/c1-23(2)32-17-16(9-31-12-4-3-11-7-14(24)20(26)29-15(11)8-12)34-22(18(17)33-23)30-6-5-13-19(25)27-10-28-21(13)30/h3-8,10,16-18,22H,9H2,1-2H3,(H2,26,29)/t16-,17-,18-,22-/m1/s1. The summed E-state index contributed by atoms with van der Waals surface area (Å²) < 4.78 is 20.9. The third kappa shape index (κ3) is 3.76. The molecule has 0 spiro atoms. The first-order valence-electron chi connectivity index (χ1n) is 10.8. The van der Waals surface area contributed by atoms with Gasteiger partial charge in [0.05, 0.1) is 21.2 Å². The Morgan fingerprint density at radius 2 is 1.97 bits per heavy atom. The summed E-state index contributed by atoms with van der Waals surface area (Å²) in [6.07, 6.45) is 3.14. The van der Waals surface area contributed by atoms with E-state index in [0.29, 0.717) is 28.3 Å². The number of hydrogen-bond donors (Lipinski definition) is 1. The quantitative estimate of drug-likeness (QED) is 0.374. The van der Waals surface area contributed by atoms with Crippen molar-refractivity contribution in [3.05, 3.63) is 53.0 Å². The highest BCUT2D eigenvalue weighted by atomic mass is 35.5. The van der Waals surface area contributed by atoms with Crippen molar-refractivity contribution in [2.75, 3.05) is 12.3 Å². The molecule has 0 aliphatic carbocycles. The lowest BCUT2D eigenvalue weighted by Crippen LogP contribution is -2.32. The first kappa shape index (κ1) is 22.2. The van der Waals surface area contributed by atoms with Crippen molar-refractivity contribution in [1.29, 1.82) is 0 Å². The number of anilines is 1. The van der Waals surface area contributed by atoms with Crippen LogP contribution in [0.1, 0.15) is 19.2 Å². The van der Waals surface area contributed by atoms with E-state index < -0.39 is 5.79 Å². The maximum Gasteiger partial charge on any atom is 0.163 e. The average Bonchev–Trinajstić information content (AvgIpc) is 3.45. The summed E-state index contributed by atoms with van der Waals surface area (Å²) in [5.41, 5.74) is 7.36. The van der Waals surface area contributed by atoms with Crippen LogP contribution in [0.3, 0.4) is 0 Å². The van der Waals surface area contributed by atoms with Gasteiger partial charge in [0.15, 0.2) is 5.79 Å². The lowest BCUT2D eigenvalue weighted by molar-refractivity contribution is -0.149. The van der Waals surface area contributed by atoms with Crippen LogP contribution in [0.5, 0.6) is 5.75 Å². The van der Waals surface area contributed by atoms with Gasteiger partial charge in [-0.15, -0.1) is 11.8 Å². The van der Waals surface area contributed by atoms with Crippen LogP contribution in [0, 0.1) is 0 Å². The van der Waals surface area contributed by atoms with Gasteiger partial charge in [0.1, 0.15) is 52.9 Å². The monoisotopic (exact) mass is 517 g/mol. The summed E-state index contributed by atoms with van der Waals surface area (Å²) in [7, 11) is 0. The maximum atomic E-state index is 6.32. The molecule has 2 fully saturated rings. The first-order valence-corrected chi connectivity index (χ1v) is 12.5. The van der Waals surface area contributed by atoms with Crippen LogP contribution < -0.4 is 10.5 Å². The number of fused-ring (bicyclic) bond motifs is 3. The fourth-order valence-corrected chi connectivity index (χ4v) is 6.45. The van der Waals surface area contributed by atoms with E-state index in [1.807, 2.05) is 44.3 Å². The van der Waals surface area contributed by atoms with Gasteiger partial charge in [-0.3, -0.25) is 0 Å². The molecule has 8 nitrogen and oxygen atoms in total. The molecule has 0 amide bonds. The number of benzene rings is 1. The number of nitrogens with two attached hydrogens (primary N) is 1. The highest BCUT2D eigenvalue weighted by Gasteiger charge is 2.55. The number of pyridine rings is 1. The van der Waals surface area contributed by atoms with Gasteiger partial charge in [-0.05, 0) is 38.1 Å². The van der Waals surface area contributed by atoms with E-state index >= 15 is 0 Å². The zero-order valence-electron chi connectivity index (χ0n) is 18.3. The summed E-state index contributed by atoms with van der Waals surface area (Å²) in [4.78, 5) is 12.9. The zero-order valence-corrected chi connectivity index (χ0v) is 20.6. The molecule has 5 heterocycles. The van der Waals surface area contributed by atoms with Crippen molar-refractivity contribution in [1.82, 2.24) is 19.5 Å². The van der Waals surface area contributed by atoms with Crippen LogP contribution in [0.2, 0.25) is 10.2 Å². The van der Waals surface area contributed by atoms with E-state index in [4.69, 9.17) is 43.1 Å². The predicted octanol–water partition coefficient (Wildman–Crippen LogP) is 5.08. The number of ether oxygens (including phenoxy) is 3. The molecule has 6 rings (SSSR count). The minimum absolute atomic E-state index is 0.0328. The minimum atomic E-state index is -0.688. The van der Waals surface area contributed by atoms with Crippen molar-refractivity contribution in [2.45, 2.75) is 42.5 Å². The molecule has 0 saturated carbocycles. The molecule has 3 aromatic heterocycles. The van der Waals surface area contributed by atoms with Crippen LogP contribution in [0.4, 0.5) is 5.82 Å². The molecule has 11 heteroatoms. The van der Waals surface area contributed by atoms with Crippen molar-refractivity contribution in [2.24, 2.45) is 0 Å². The molecule has 2 saturated heterocycles. The largest absolute Gasteiger partial charge is 0.492 e. The average molecular weight is 518 g/mol. The summed E-state index contributed by atoms with van der Waals surface area (Å²) in [5, 5.41) is 2.55. The predicted molar refractivity (Wildman–Crippen MR) is 133 cm³/mol. The van der Waals surface area contributed by atoms with E-state index in [0.717, 1.165) is 21.9 Å². The molecule has 34 heavy (non-hydrogen) atoms. The van der Waals surface area contributed by atoms with Crippen molar-refractivity contribution >= 4 is 62.7 Å². The van der Waals surface area contributed by atoms with Gasteiger partial charge in [0.2, 0.25) is 0 Å². The van der Waals surface area contributed by atoms with Gasteiger partial charge in [-0.25, -0.2) is 15.0 Å². The van der Waals surface area contributed by atoms with Gasteiger partial charge in [0, 0.05) is 17.6 Å². The van der Waals surface area contributed by atoms with Crippen molar-refractivity contribution < 1.29 is 14.2 Å². The molecule has 2 aliphatic rings. The lowest BCUT2D eigenvalue weighted by Gasteiger charge is -2.24. The maximum absolute atomic E-state index is 6.32. The third-order valence-electron chi connectivity index (χ3n) is 6.04. The second-order valence-electron chi connectivity index (χ2n) is 8.78. The minimum Gasteiger partial charge on any atom is -0.492 e. The Balaban J connectivity index is 1.27. The number of hydrogen-bond acceptors (Lipinski definition) is 8. The molecular weight excluding hydrogens is 497 g/mol. The Morgan fingerprint density at radius 3 is 2.82 bits per heavy atom. The Labute approximate surface area is 209 Å². The SMILES string of the molecule is CC1(C)O[C@@H]2[C@H](O1)[C@@H](COc1ccc3cc(Cl)c(N)nc3c1)S[C@H]2n1ccc2c(Cl)ncnc21. The number of halogens is 2. The molecule has 4 aromatic rings. The molecule has 0 unspecified atom stereocenters. The van der Waals surface area contributed by atoms with E-state index in [2.05, 4.69) is 19.5 Å². The Hall–Kier alpha value is -2.30. The van der Waals surface area contributed by atoms with Crippen LogP contribution in [0.25, 0.3) is 21.9 Å². The third-order valence-corrected chi connectivity index (χ3v) is 8.18. The number of rotatable bonds is 4. The second-order valence-corrected chi connectivity index (χ2v) is 10.9. The number of thioether (sulfide) groups is 1. The summed E-state index contributed by atoms with van der Waals surface area (Å²) in [6, 6.07) is 9.42. The smallest absolute Gasteiger partial charge is 0.163 e. The van der Waals surface area contributed by atoms with E-state index in [-0.39, 0.29) is 22.8 Å². The molecular formula is C23H21Cl2N5O3S. The van der Waals surface area contributed by atoms with E-state index in [1.165, 1.54) is 6.33 Å². The number of nitrogen functional groups attached to an aromatic ring is 1. The fourth-order valence-electron chi connectivity index (χ4n) is 4.57. The topological polar surface area (TPSA) is 97.3 Å². The van der Waals surface area contributed by atoms with Crippen LogP contribution in [-0.4, -0.2) is 49.4 Å². The Bertz CT molecular complexity index is 1410. The van der Waals surface area contributed by atoms with Crippen LogP contribution >= 0.6 is 35.0 Å². The zero-order chi connectivity index (χ0) is 23.6. The Kier molecular flexibility index (Phi) is 5.31. The van der Waals surface area contributed by atoms with Crippen LogP contribution in [-0.2, 0) is 9.47 Å². The second kappa shape index (κ2) is 8.13. The van der Waals surface area contributed by atoms with Gasteiger partial charge in [-0.1, -0.05) is 23.2 Å². The molecule has 4 atom stereocenters. The first-order chi connectivity index (χ1) is 16.3. The molecule has 2 N–H and O–H groups in total. The van der Waals surface area contributed by atoms with E-state index in [9.17, 15) is 0 Å². The normalized spacial score (nSPS) is 25.8. The summed E-state index contributed by atoms with van der Waals surface area (Å²) in [5.74, 6) is 0.308. The highest BCUT2D eigenvalue weighted by Crippen LogP contribution is 2.51. The fraction of sp³-hybridized carbons (Fsp3) is 0.348. The van der Waals surface area contributed by atoms with Gasteiger partial charge < -0.3 is 24.5 Å². The van der Waals surface area contributed by atoms with Crippen LogP contribution in [0.15, 0.2) is 42.9 Å². The molecule has 176 valence electrons. The Morgan fingerprint density at radius 1 is 1.15 bits per heavy atom. The molecule has 0 radical (unpaired) electrons. The summed E-state index contributed by atoms with van der Waals surface area (Å²) >= 11 is 14.1. The molecule has 0 bridgehead atoms. The van der Waals surface area contributed by atoms with E-state index in [1.54, 1.807) is 17.8 Å². The van der Waals surface area contributed by atoms with Crippen molar-refractivity contribution in [3.8, 4) is 5.75 Å².